The van der Waals surface area contributed by atoms with Gasteiger partial charge in [-0.25, -0.2) is 9.78 Å². The molecule has 2 N–H and O–H groups in total. The highest BCUT2D eigenvalue weighted by Crippen LogP contribution is 2.45. The minimum Gasteiger partial charge on any atom is -0.503 e. The molecule has 9 heteroatoms. The third-order valence-electron chi connectivity index (χ3n) is 5.18. The topological polar surface area (TPSA) is 111 Å². The van der Waals surface area contributed by atoms with Crippen LogP contribution in [0.25, 0.3) is 16.4 Å². The molecule has 4 rings (SSSR count). The van der Waals surface area contributed by atoms with Crippen molar-refractivity contribution in [1.29, 1.82) is 0 Å². The van der Waals surface area contributed by atoms with Crippen LogP contribution < -0.4 is 4.74 Å². The molecule has 0 fully saturated rings. The van der Waals surface area contributed by atoms with Crippen molar-refractivity contribution in [3.8, 4) is 33.8 Å². The summed E-state index contributed by atoms with van der Waals surface area (Å²) in [5.74, 6) is -1.55. The first-order valence-corrected chi connectivity index (χ1v) is 11.2. The first-order valence-electron chi connectivity index (χ1n) is 10.4. The average molecular weight is 479 g/mol. The van der Waals surface area contributed by atoms with E-state index in [-0.39, 0.29) is 27.9 Å². The van der Waals surface area contributed by atoms with Gasteiger partial charge >= 0.3 is 5.97 Å². The number of aryl methyl sites for hydroxylation is 1. The van der Waals surface area contributed by atoms with Crippen LogP contribution in [-0.4, -0.2) is 45.2 Å². The quantitative estimate of drug-likeness (QED) is 0.292. The van der Waals surface area contributed by atoms with Crippen LogP contribution in [0.15, 0.2) is 54.6 Å². The van der Waals surface area contributed by atoms with Crippen molar-refractivity contribution in [2.45, 2.75) is 13.8 Å². The molecule has 0 saturated carbocycles. The number of carbonyl (C=O) groups is 2. The van der Waals surface area contributed by atoms with Crippen LogP contribution in [0.4, 0.5) is 0 Å². The molecule has 0 saturated heterocycles. The smallest absolute Gasteiger partial charge is 0.350 e. The van der Waals surface area contributed by atoms with E-state index in [0.29, 0.717) is 22.6 Å². The highest BCUT2D eigenvalue weighted by molar-refractivity contribution is 7.16. The van der Waals surface area contributed by atoms with Crippen LogP contribution in [0.5, 0.6) is 17.4 Å². The molecule has 0 unspecified atom stereocenters. The summed E-state index contributed by atoms with van der Waals surface area (Å²) in [5.41, 5.74) is 1.42. The maximum Gasteiger partial charge on any atom is 0.350 e. The Morgan fingerprint density at radius 3 is 2.35 bits per heavy atom. The summed E-state index contributed by atoms with van der Waals surface area (Å²) in [7, 11) is 1.54. The van der Waals surface area contributed by atoms with Crippen LogP contribution >= 0.6 is 11.3 Å². The van der Waals surface area contributed by atoms with Crippen LogP contribution in [-0.2, 0) is 4.74 Å². The van der Waals surface area contributed by atoms with Crippen molar-refractivity contribution in [3.63, 3.8) is 0 Å². The van der Waals surface area contributed by atoms with E-state index in [0.717, 1.165) is 11.3 Å². The molecule has 2 aromatic heterocycles. The Morgan fingerprint density at radius 1 is 1.06 bits per heavy atom. The van der Waals surface area contributed by atoms with Gasteiger partial charge in [0.1, 0.15) is 10.6 Å². The minimum absolute atomic E-state index is 0.0839. The lowest BCUT2D eigenvalue weighted by atomic mass is 9.99. The molecule has 0 aliphatic heterocycles. The number of benzene rings is 2. The maximum atomic E-state index is 13.4. The molecule has 0 bridgehead atoms. The zero-order chi connectivity index (χ0) is 24.4. The molecule has 8 nitrogen and oxygen atoms in total. The van der Waals surface area contributed by atoms with E-state index in [1.54, 1.807) is 68.4 Å². The largest absolute Gasteiger partial charge is 0.503 e. The number of esters is 1. The predicted octanol–water partition coefficient (Wildman–Crippen LogP) is 4.74. The second-order valence-electron chi connectivity index (χ2n) is 7.29. The maximum absolute atomic E-state index is 13.4. The molecule has 2 aromatic carbocycles. The number of carbonyl (C=O) groups excluding carboxylic acids is 2. The van der Waals surface area contributed by atoms with Crippen LogP contribution in [0.1, 0.15) is 38.2 Å². The highest BCUT2D eigenvalue weighted by Gasteiger charge is 2.31. The summed E-state index contributed by atoms with van der Waals surface area (Å²) in [6, 6.07) is 15.3. The van der Waals surface area contributed by atoms with Crippen molar-refractivity contribution in [1.82, 2.24) is 9.55 Å². The number of rotatable bonds is 7. The summed E-state index contributed by atoms with van der Waals surface area (Å²) < 4.78 is 11.6. The van der Waals surface area contributed by atoms with E-state index in [1.807, 2.05) is 0 Å². The summed E-state index contributed by atoms with van der Waals surface area (Å²) in [6.07, 6.45) is 0. The lowest BCUT2D eigenvalue weighted by Crippen LogP contribution is -2.04. The lowest BCUT2D eigenvalue weighted by molar-refractivity contribution is 0.0531. The molecule has 4 aromatic rings. The van der Waals surface area contributed by atoms with E-state index in [2.05, 4.69) is 4.98 Å². The van der Waals surface area contributed by atoms with Gasteiger partial charge in [0.25, 0.3) is 0 Å². The van der Waals surface area contributed by atoms with Crippen LogP contribution in [0, 0.1) is 6.92 Å². The normalized spacial score (nSPS) is 10.8. The van der Waals surface area contributed by atoms with Gasteiger partial charge in [0.05, 0.1) is 30.7 Å². The lowest BCUT2D eigenvalue weighted by Gasteiger charge is -2.10. The molecule has 174 valence electrons. The summed E-state index contributed by atoms with van der Waals surface area (Å²) in [6.45, 7) is 3.55. The van der Waals surface area contributed by atoms with Crippen molar-refractivity contribution in [2.75, 3.05) is 13.7 Å². The molecular weight excluding hydrogens is 456 g/mol. The second kappa shape index (κ2) is 9.40. The Hall–Kier alpha value is -4.11. The number of nitrogens with zero attached hydrogens (tertiary/aromatic N) is 2. The van der Waals surface area contributed by atoms with Gasteiger partial charge in [-0.15, -0.1) is 0 Å². The van der Waals surface area contributed by atoms with Gasteiger partial charge in [-0.1, -0.05) is 41.7 Å². The van der Waals surface area contributed by atoms with Crippen molar-refractivity contribution < 1.29 is 29.3 Å². The Kier molecular flexibility index (Phi) is 6.38. The molecule has 0 aliphatic rings. The van der Waals surface area contributed by atoms with Gasteiger partial charge in [-0.2, -0.15) is 0 Å². The summed E-state index contributed by atoms with van der Waals surface area (Å²) in [5, 5.41) is 22.0. The van der Waals surface area contributed by atoms with Crippen molar-refractivity contribution in [3.05, 3.63) is 76.3 Å². The monoisotopic (exact) mass is 478 g/mol. The van der Waals surface area contributed by atoms with Gasteiger partial charge in [-0.05, 0) is 43.7 Å². The van der Waals surface area contributed by atoms with Crippen molar-refractivity contribution in [2.24, 2.45) is 0 Å². The van der Waals surface area contributed by atoms with Gasteiger partial charge < -0.3 is 19.7 Å². The highest BCUT2D eigenvalue weighted by atomic mass is 32.1. The third-order valence-corrected chi connectivity index (χ3v) is 6.31. The van der Waals surface area contributed by atoms with Crippen LogP contribution in [0.2, 0.25) is 0 Å². The Balaban J connectivity index is 1.98. The van der Waals surface area contributed by atoms with Gasteiger partial charge in [0.2, 0.25) is 5.88 Å². The fourth-order valence-electron chi connectivity index (χ4n) is 3.57. The third kappa shape index (κ3) is 4.01. The van der Waals surface area contributed by atoms with Gasteiger partial charge in [-0.3, -0.25) is 9.36 Å². The predicted molar refractivity (Wildman–Crippen MR) is 127 cm³/mol. The number of hydrogen-bond donors (Lipinski definition) is 2. The standard InChI is InChI=1S/C25H22N2O6S/c1-4-33-24(31)22-14(2)26-25(34-22)27-19(15-10-12-17(32-3)13-11-15)18(21(29)23(27)30)20(28)16-8-6-5-7-9-16/h5-13,29-30H,4H2,1-3H3. The first-order chi connectivity index (χ1) is 16.4. The number of ether oxygens (including phenoxy) is 2. The fraction of sp³-hybridized carbons (Fsp3) is 0.160. The molecule has 0 atom stereocenters. The first kappa shape index (κ1) is 23.1. The van der Waals surface area contributed by atoms with E-state index < -0.39 is 23.4 Å². The molecule has 0 amide bonds. The Bertz CT molecular complexity index is 1360. The van der Waals surface area contributed by atoms with Gasteiger partial charge in [0.15, 0.2) is 16.7 Å². The molecule has 2 heterocycles. The van der Waals surface area contributed by atoms with Crippen molar-refractivity contribution >= 4 is 23.1 Å². The number of thiazole rings is 1. The summed E-state index contributed by atoms with van der Waals surface area (Å²) in [4.78, 5) is 30.5. The van der Waals surface area contributed by atoms with Gasteiger partial charge in [0, 0.05) is 5.56 Å². The minimum atomic E-state index is -0.579. The second-order valence-corrected chi connectivity index (χ2v) is 8.26. The molecule has 34 heavy (non-hydrogen) atoms. The number of hydrogen-bond acceptors (Lipinski definition) is 8. The van der Waals surface area contributed by atoms with E-state index in [9.17, 15) is 19.8 Å². The Morgan fingerprint density at radius 2 is 1.74 bits per heavy atom. The Labute approximate surface area is 199 Å². The number of methoxy groups -OCH3 is 1. The zero-order valence-corrected chi connectivity index (χ0v) is 19.5. The molecule has 0 radical (unpaired) electrons. The van der Waals surface area contributed by atoms with E-state index in [4.69, 9.17) is 9.47 Å². The zero-order valence-electron chi connectivity index (χ0n) is 18.7. The number of ketones is 1. The number of aromatic hydroxyl groups is 2. The van der Waals surface area contributed by atoms with Crippen LogP contribution in [0.3, 0.4) is 0 Å². The number of aromatic nitrogens is 2. The SMILES string of the molecule is CCOC(=O)c1sc(-n2c(O)c(O)c(C(=O)c3ccccc3)c2-c2ccc(OC)cc2)nc1C. The van der Waals surface area contributed by atoms with E-state index >= 15 is 0 Å². The summed E-state index contributed by atoms with van der Waals surface area (Å²) >= 11 is 0.991. The molecule has 0 spiro atoms. The average Bonchev–Trinajstić information content (AvgIpc) is 3.36. The van der Waals surface area contributed by atoms with E-state index in [1.165, 1.54) is 11.7 Å². The molecular formula is C25H22N2O6S. The fourth-order valence-corrected chi connectivity index (χ4v) is 4.54. The molecule has 0 aliphatic carbocycles.